The minimum atomic E-state index is 0. The molecule has 130 valence electrons. The highest BCUT2D eigenvalue weighted by atomic mass is 79.9. The van der Waals surface area contributed by atoms with Crippen molar-refractivity contribution < 1.29 is 21.5 Å². The maximum Gasteiger partial charge on any atom is 0.241 e. The summed E-state index contributed by atoms with van der Waals surface area (Å²) in [5.74, 6) is 0. The van der Waals surface area contributed by atoms with Gasteiger partial charge in [-0.15, -0.1) is 0 Å². The number of nitrogens with one attached hydrogen (secondary N) is 1. The number of hydrogen-bond acceptors (Lipinski definition) is 0. The number of rotatable bonds is 15. The molecule has 1 aromatic heterocycles. The molecule has 0 unspecified atom stereocenters. The Labute approximate surface area is 148 Å². The van der Waals surface area contributed by atoms with Gasteiger partial charge in [-0.05, 0) is 12.8 Å². The van der Waals surface area contributed by atoms with Gasteiger partial charge in [0.25, 0.3) is 0 Å². The molecule has 22 heavy (non-hydrogen) atoms. The molecule has 1 N–H and O–H groups in total. The first-order valence-corrected chi connectivity index (χ1v) is 9.45. The second kappa shape index (κ2) is 17.1. The molecule has 0 bridgehead atoms. The average molecular weight is 373 g/mol. The van der Waals surface area contributed by atoms with E-state index in [1.165, 1.54) is 96.4 Å². The first-order chi connectivity index (χ1) is 10.4. The zero-order chi connectivity index (χ0) is 15.0. The molecule has 1 rings (SSSR count). The lowest BCUT2D eigenvalue weighted by Gasteiger charge is -2.03. The van der Waals surface area contributed by atoms with Crippen LogP contribution in [0.3, 0.4) is 0 Å². The van der Waals surface area contributed by atoms with E-state index in [4.69, 9.17) is 0 Å². The van der Waals surface area contributed by atoms with Gasteiger partial charge in [0.15, 0.2) is 0 Å². The fourth-order valence-electron chi connectivity index (χ4n) is 2.95. The summed E-state index contributed by atoms with van der Waals surface area (Å²) in [5.41, 5.74) is 0. The first kappa shape index (κ1) is 21.7. The Balaban J connectivity index is 0.00000441. The lowest BCUT2D eigenvalue weighted by atomic mass is 10.0. The number of halogens is 1. The van der Waals surface area contributed by atoms with Crippen LogP contribution in [0.1, 0.15) is 96.8 Å². The first-order valence-electron chi connectivity index (χ1n) is 9.45. The van der Waals surface area contributed by atoms with E-state index in [1.807, 2.05) is 12.5 Å². The van der Waals surface area contributed by atoms with Crippen LogP contribution in [-0.4, -0.2) is 4.98 Å². The quantitative estimate of drug-likeness (QED) is 0.360. The smallest absolute Gasteiger partial charge is 0.241 e. The Bertz CT molecular complexity index is 298. The minimum absolute atomic E-state index is 0. The summed E-state index contributed by atoms with van der Waals surface area (Å²) in [6, 6.07) is 0. The average Bonchev–Trinajstić information content (AvgIpc) is 3.01. The number of aromatic amines is 1. The van der Waals surface area contributed by atoms with Gasteiger partial charge in [-0.2, -0.15) is 0 Å². The molecule has 0 saturated carbocycles. The Morgan fingerprint density at radius 1 is 0.682 bits per heavy atom. The summed E-state index contributed by atoms with van der Waals surface area (Å²) in [6.07, 6.45) is 26.2. The Kier molecular flexibility index (Phi) is 16.8. The normalized spacial score (nSPS) is 10.6. The highest BCUT2D eigenvalue weighted by Gasteiger charge is 1.97. The zero-order valence-electron chi connectivity index (χ0n) is 14.7. The summed E-state index contributed by atoms with van der Waals surface area (Å²) in [7, 11) is 0. The van der Waals surface area contributed by atoms with Gasteiger partial charge in [0, 0.05) is 0 Å². The number of unbranched alkanes of at least 4 members (excludes halogenated alkanes) is 13. The number of nitrogens with zero attached hydrogens (tertiary/aromatic N) is 1. The van der Waals surface area contributed by atoms with Crippen molar-refractivity contribution >= 4 is 0 Å². The van der Waals surface area contributed by atoms with Crippen LogP contribution in [0.5, 0.6) is 0 Å². The lowest BCUT2D eigenvalue weighted by molar-refractivity contribution is -0.696. The van der Waals surface area contributed by atoms with Crippen molar-refractivity contribution in [2.75, 3.05) is 0 Å². The van der Waals surface area contributed by atoms with Gasteiger partial charge in [0.05, 0.1) is 6.54 Å². The summed E-state index contributed by atoms with van der Waals surface area (Å²) in [4.78, 5) is 3.09. The van der Waals surface area contributed by atoms with Crippen LogP contribution in [0.4, 0.5) is 0 Å². The van der Waals surface area contributed by atoms with Crippen LogP contribution in [0.15, 0.2) is 18.7 Å². The molecule has 0 aliphatic rings. The summed E-state index contributed by atoms with van der Waals surface area (Å²) >= 11 is 0. The van der Waals surface area contributed by atoms with Gasteiger partial charge < -0.3 is 17.0 Å². The SMILES string of the molecule is CCCCCCCCCCCCCCCC[n+]1cc[nH]c1.[Br-]. The van der Waals surface area contributed by atoms with Crippen LogP contribution in [-0.2, 0) is 6.54 Å². The zero-order valence-corrected chi connectivity index (χ0v) is 16.2. The van der Waals surface area contributed by atoms with Crippen molar-refractivity contribution in [3.63, 3.8) is 0 Å². The second-order valence-corrected chi connectivity index (χ2v) is 6.45. The number of imidazole rings is 1. The molecule has 0 aromatic carbocycles. The predicted molar refractivity (Wildman–Crippen MR) is 91.3 cm³/mol. The Hall–Kier alpha value is -0.310. The Morgan fingerprint density at radius 2 is 1.14 bits per heavy atom. The van der Waals surface area contributed by atoms with Gasteiger partial charge in [0.2, 0.25) is 6.33 Å². The van der Waals surface area contributed by atoms with Crippen LogP contribution < -0.4 is 21.5 Å². The van der Waals surface area contributed by atoms with Gasteiger partial charge in [-0.3, -0.25) is 4.98 Å². The fraction of sp³-hybridized carbons (Fsp3) is 0.842. The molecular formula is C19H37BrN2. The maximum absolute atomic E-state index is 3.09. The second-order valence-electron chi connectivity index (χ2n) is 6.45. The van der Waals surface area contributed by atoms with E-state index in [9.17, 15) is 0 Å². The molecule has 0 radical (unpaired) electrons. The van der Waals surface area contributed by atoms with Crippen molar-refractivity contribution in [3.05, 3.63) is 18.7 Å². The molecule has 0 aliphatic heterocycles. The molecule has 1 aromatic rings. The summed E-state index contributed by atoms with van der Waals surface area (Å²) in [5, 5.41) is 0. The number of H-pyrrole nitrogens is 1. The lowest BCUT2D eigenvalue weighted by Crippen LogP contribution is -3.00. The highest BCUT2D eigenvalue weighted by molar-refractivity contribution is 4.55. The van der Waals surface area contributed by atoms with Crippen LogP contribution >= 0.6 is 0 Å². The third-order valence-corrected chi connectivity index (χ3v) is 4.37. The molecule has 0 spiro atoms. The number of aromatic nitrogens is 2. The standard InChI is InChI=1S/C19H36N2.BrH/c1-2-3-4-5-6-7-8-9-10-11-12-13-14-15-17-21-18-16-20-19-21;/h16,18-19H,2-15,17H2,1H3;1H. The summed E-state index contributed by atoms with van der Waals surface area (Å²) in [6.45, 7) is 3.46. The number of aryl methyl sites for hydroxylation is 1. The van der Waals surface area contributed by atoms with Gasteiger partial charge in [-0.1, -0.05) is 84.0 Å². The maximum atomic E-state index is 3.09. The van der Waals surface area contributed by atoms with Crippen molar-refractivity contribution in [2.24, 2.45) is 0 Å². The van der Waals surface area contributed by atoms with E-state index < -0.39 is 0 Å². The summed E-state index contributed by atoms with van der Waals surface area (Å²) < 4.78 is 2.24. The van der Waals surface area contributed by atoms with Crippen LogP contribution in [0.25, 0.3) is 0 Å². The molecular weight excluding hydrogens is 336 g/mol. The molecule has 2 nitrogen and oxygen atoms in total. The van der Waals surface area contributed by atoms with E-state index in [1.54, 1.807) is 0 Å². The molecule has 0 amide bonds. The topological polar surface area (TPSA) is 19.7 Å². The van der Waals surface area contributed by atoms with Crippen molar-refractivity contribution in [1.29, 1.82) is 0 Å². The molecule has 0 saturated heterocycles. The largest absolute Gasteiger partial charge is 1.00 e. The van der Waals surface area contributed by atoms with Crippen LogP contribution in [0, 0.1) is 0 Å². The van der Waals surface area contributed by atoms with E-state index in [0.29, 0.717) is 0 Å². The van der Waals surface area contributed by atoms with Crippen molar-refractivity contribution in [3.8, 4) is 0 Å². The van der Waals surface area contributed by atoms with Crippen LogP contribution in [0.2, 0.25) is 0 Å². The van der Waals surface area contributed by atoms with E-state index in [2.05, 4.69) is 22.7 Å². The fourth-order valence-corrected chi connectivity index (χ4v) is 2.95. The molecule has 0 aliphatic carbocycles. The third kappa shape index (κ3) is 13.4. The van der Waals surface area contributed by atoms with Crippen molar-refractivity contribution in [1.82, 2.24) is 4.98 Å². The van der Waals surface area contributed by atoms with E-state index in [-0.39, 0.29) is 17.0 Å². The number of hydrogen-bond donors (Lipinski definition) is 1. The van der Waals surface area contributed by atoms with E-state index in [0.717, 1.165) is 0 Å². The highest BCUT2D eigenvalue weighted by Crippen LogP contribution is 2.12. The van der Waals surface area contributed by atoms with Crippen molar-refractivity contribution in [2.45, 2.75) is 103 Å². The molecule has 0 fully saturated rings. The molecule has 1 heterocycles. The minimum Gasteiger partial charge on any atom is -1.00 e. The third-order valence-electron chi connectivity index (χ3n) is 4.37. The monoisotopic (exact) mass is 372 g/mol. The van der Waals surface area contributed by atoms with E-state index >= 15 is 0 Å². The molecule has 3 heteroatoms. The van der Waals surface area contributed by atoms with Gasteiger partial charge >= 0.3 is 0 Å². The Morgan fingerprint density at radius 3 is 1.55 bits per heavy atom. The van der Waals surface area contributed by atoms with Gasteiger partial charge in [-0.25, -0.2) is 4.57 Å². The predicted octanol–water partition coefficient (Wildman–Crippen LogP) is 2.79. The molecule has 0 atom stereocenters. The van der Waals surface area contributed by atoms with Gasteiger partial charge in [0.1, 0.15) is 12.4 Å².